The second kappa shape index (κ2) is 7.25. The highest BCUT2D eigenvalue weighted by Gasteiger charge is 2.22. The Bertz CT molecular complexity index is 858. The van der Waals surface area contributed by atoms with E-state index in [-0.39, 0.29) is 10.6 Å². The zero-order chi connectivity index (χ0) is 17.9. The molecule has 0 bridgehead atoms. The fourth-order valence-electron chi connectivity index (χ4n) is 1.79. The van der Waals surface area contributed by atoms with E-state index >= 15 is 0 Å². The first-order valence-corrected chi connectivity index (χ1v) is 8.59. The molecule has 2 aromatic carbocycles. The molecular formula is C15H13ClF2N2O3S. The van der Waals surface area contributed by atoms with E-state index in [0.717, 1.165) is 18.2 Å². The maximum atomic E-state index is 13.1. The monoisotopic (exact) mass is 374 g/mol. The minimum absolute atomic E-state index is 0.0106. The predicted molar refractivity (Wildman–Crippen MR) is 86.2 cm³/mol. The lowest BCUT2D eigenvalue weighted by molar-refractivity contribution is -0.117. The summed E-state index contributed by atoms with van der Waals surface area (Å²) in [6.45, 7) is 1.32. The standard InChI is InChI=1S/C15H13ClF2N2O3S/c1-9(15(21)19-11-4-7-13(17)14(18)8-11)20-24(22,23)12-5-2-10(16)3-6-12/h2-9,20H,1H3,(H,19,21). The normalized spacial score (nSPS) is 12.7. The van der Waals surface area contributed by atoms with Gasteiger partial charge in [0, 0.05) is 16.8 Å². The molecule has 0 aliphatic heterocycles. The molecule has 1 atom stereocenters. The Balaban J connectivity index is 2.07. The topological polar surface area (TPSA) is 75.3 Å². The van der Waals surface area contributed by atoms with Crippen LogP contribution in [0.5, 0.6) is 0 Å². The van der Waals surface area contributed by atoms with Crippen LogP contribution in [0.15, 0.2) is 47.4 Å². The molecule has 0 aliphatic carbocycles. The highest BCUT2D eigenvalue weighted by Crippen LogP contribution is 2.15. The van der Waals surface area contributed by atoms with Crippen molar-refractivity contribution < 1.29 is 22.0 Å². The first-order chi connectivity index (χ1) is 11.2. The van der Waals surface area contributed by atoms with Gasteiger partial charge in [-0.2, -0.15) is 4.72 Å². The Morgan fingerprint density at radius 3 is 2.29 bits per heavy atom. The molecule has 9 heteroatoms. The van der Waals surface area contributed by atoms with Gasteiger partial charge in [0.25, 0.3) is 0 Å². The quantitative estimate of drug-likeness (QED) is 0.845. The van der Waals surface area contributed by atoms with Gasteiger partial charge >= 0.3 is 0 Å². The maximum absolute atomic E-state index is 13.1. The van der Waals surface area contributed by atoms with Crippen LogP contribution in [0.4, 0.5) is 14.5 Å². The molecule has 24 heavy (non-hydrogen) atoms. The number of amides is 1. The van der Waals surface area contributed by atoms with E-state index in [9.17, 15) is 22.0 Å². The van der Waals surface area contributed by atoms with E-state index in [1.54, 1.807) is 0 Å². The van der Waals surface area contributed by atoms with Crippen molar-refractivity contribution in [2.24, 2.45) is 0 Å². The molecule has 0 heterocycles. The van der Waals surface area contributed by atoms with Crippen LogP contribution in [-0.4, -0.2) is 20.4 Å². The van der Waals surface area contributed by atoms with Crippen LogP contribution in [-0.2, 0) is 14.8 Å². The van der Waals surface area contributed by atoms with Gasteiger partial charge in [0.1, 0.15) is 0 Å². The zero-order valence-electron chi connectivity index (χ0n) is 12.4. The number of carbonyl (C=O) groups excluding carboxylic acids is 1. The lowest BCUT2D eigenvalue weighted by atomic mass is 10.2. The zero-order valence-corrected chi connectivity index (χ0v) is 14.0. The van der Waals surface area contributed by atoms with Crippen molar-refractivity contribution in [3.63, 3.8) is 0 Å². The Morgan fingerprint density at radius 2 is 1.71 bits per heavy atom. The maximum Gasteiger partial charge on any atom is 0.242 e. The van der Waals surface area contributed by atoms with Crippen LogP contribution in [0, 0.1) is 11.6 Å². The van der Waals surface area contributed by atoms with Gasteiger partial charge in [-0.25, -0.2) is 17.2 Å². The molecule has 1 amide bonds. The SMILES string of the molecule is CC(NS(=O)(=O)c1ccc(Cl)cc1)C(=O)Nc1ccc(F)c(F)c1. The molecule has 0 saturated heterocycles. The Labute approximate surface area is 142 Å². The van der Waals surface area contributed by atoms with Gasteiger partial charge in [-0.3, -0.25) is 4.79 Å². The Morgan fingerprint density at radius 1 is 1.08 bits per heavy atom. The summed E-state index contributed by atoms with van der Waals surface area (Å²) in [5.41, 5.74) is 0.0106. The van der Waals surface area contributed by atoms with Gasteiger partial charge in [-0.15, -0.1) is 0 Å². The average Bonchev–Trinajstić information content (AvgIpc) is 2.51. The van der Waals surface area contributed by atoms with E-state index < -0.39 is 33.6 Å². The van der Waals surface area contributed by atoms with Gasteiger partial charge in [0.15, 0.2) is 11.6 Å². The Hall–Kier alpha value is -2.03. The second-order valence-corrected chi connectivity index (χ2v) is 7.07. The highest BCUT2D eigenvalue weighted by molar-refractivity contribution is 7.89. The van der Waals surface area contributed by atoms with E-state index in [1.807, 2.05) is 0 Å². The number of carbonyl (C=O) groups is 1. The van der Waals surface area contributed by atoms with Crippen molar-refractivity contribution in [1.82, 2.24) is 4.72 Å². The highest BCUT2D eigenvalue weighted by atomic mass is 35.5. The molecule has 5 nitrogen and oxygen atoms in total. The summed E-state index contributed by atoms with van der Waals surface area (Å²) in [4.78, 5) is 11.9. The van der Waals surface area contributed by atoms with Gasteiger partial charge < -0.3 is 5.32 Å². The molecule has 128 valence electrons. The molecular weight excluding hydrogens is 362 g/mol. The van der Waals surface area contributed by atoms with Crippen LogP contribution in [0.3, 0.4) is 0 Å². The average molecular weight is 375 g/mol. The van der Waals surface area contributed by atoms with E-state index in [0.29, 0.717) is 5.02 Å². The summed E-state index contributed by atoms with van der Waals surface area (Å²) < 4.78 is 52.5. The fourth-order valence-corrected chi connectivity index (χ4v) is 3.12. The van der Waals surface area contributed by atoms with Crippen molar-refractivity contribution in [2.45, 2.75) is 17.9 Å². The molecule has 0 radical (unpaired) electrons. The summed E-state index contributed by atoms with van der Waals surface area (Å²) >= 11 is 5.70. The third-order valence-electron chi connectivity index (χ3n) is 3.04. The van der Waals surface area contributed by atoms with Crippen molar-refractivity contribution in [3.05, 3.63) is 59.1 Å². The molecule has 0 aliphatic rings. The lowest BCUT2D eigenvalue weighted by Gasteiger charge is -2.14. The number of halogens is 3. The number of anilines is 1. The second-order valence-electron chi connectivity index (χ2n) is 4.92. The van der Waals surface area contributed by atoms with E-state index in [2.05, 4.69) is 10.0 Å². The summed E-state index contributed by atoms with van der Waals surface area (Å²) in [6.07, 6.45) is 0. The van der Waals surface area contributed by atoms with Crippen LogP contribution in [0.25, 0.3) is 0 Å². The van der Waals surface area contributed by atoms with Crippen LogP contribution >= 0.6 is 11.6 Å². The lowest BCUT2D eigenvalue weighted by Crippen LogP contribution is -2.41. The molecule has 2 aromatic rings. The summed E-state index contributed by atoms with van der Waals surface area (Å²) in [7, 11) is -3.93. The van der Waals surface area contributed by atoms with Gasteiger partial charge in [0.2, 0.25) is 15.9 Å². The summed E-state index contributed by atoms with van der Waals surface area (Å²) in [6, 6.07) is 7.08. The first-order valence-electron chi connectivity index (χ1n) is 6.73. The minimum Gasteiger partial charge on any atom is -0.325 e. The smallest absolute Gasteiger partial charge is 0.242 e. The molecule has 0 saturated carbocycles. The number of hydrogen-bond donors (Lipinski definition) is 2. The third kappa shape index (κ3) is 4.50. The van der Waals surface area contributed by atoms with Crippen molar-refractivity contribution in [1.29, 1.82) is 0 Å². The van der Waals surface area contributed by atoms with Crippen LogP contribution in [0.1, 0.15) is 6.92 Å². The van der Waals surface area contributed by atoms with E-state index in [1.165, 1.54) is 31.2 Å². The number of benzene rings is 2. The number of rotatable bonds is 5. The minimum atomic E-state index is -3.93. The van der Waals surface area contributed by atoms with Gasteiger partial charge in [-0.05, 0) is 43.3 Å². The molecule has 1 unspecified atom stereocenters. The molecule has 0 fully saturated rings. The molecule has 0 spiro atoms. The summed E-state index contributed by atoms with van der Waals surface area (Å²) in [5.74, 6) is -2.90. The van der Waals surface area contributed by atoms with Crippen molar-refractivity contribution in [3.8, 4) is 0 Å². The fraction of sp³-hybridized carbons (Fsp3) is 0.133. The number of nitrogens with one attached hydrogen (secondary N) is 2. The van der Waals surface area contributed by atoms with Gasteiger partial charge in [-0.1, -0.05) is 11.6 Å². The van der Waals surface area contributed by atoms with E-state index in [4.69, 9.17) is 11.6 Å². The predicted octanol–water partition coefficient (Wildman–Crippen LogP) is 2.92. The third-order valence-corrected chi connectivity index (χ3v) is 4.84. The number of sulfonamides is 1. The largest absolute Gasteiger partial charge is 0.325 e. The molecule has 2 N–H and O–H groups in total. The van der Waals surface area contributed by atoms with Crippen molar-refractivity contribution >= 4 is 33.2 Å². The van der Waals surface area contributed by atoms with Crippen LogP contribution in [0.2, 0.25) is 5.02 Å². The Kier molecular flexibility index (Phi) is 5.53. The number of hydrogen-bond acceptors (Lipinski definition) is 3. The summed E-state index contributed by atoms with van der Waals surface area (Å²) in [5, 5.41) is 2.67. The van der Waals surface area contributed by atoms with Gasteiger partial charge in [0.05, 0.1) is 10.9 Å². The molecule has 2 rings (SSSR count). The van der Waals surface area contributed by atoms with Crippen molar-refractivity contribution in [2.75, 3.05) is 5.32 Å². The van der Waals surface area contributed by atoms with Crippen LogP contribution < -0.4 is 10.0 Å². The molecule has 0 aromatic heterocycles. The first kappa shape index (κ1) is 18.3.